The van der Waals surface area contributed by atoms with E-state index < -0.39 is 11.9 Å². The van der Waals surface area contributed by atoms with Crippen LogP contribution in [0.5, 0.6) is 28.9 Å². The molecule has 0 saturated carbocycles. The highest BCUT2D eigenvalue weighted by atomic mass is 16.5. The molecule has 0 aliphatic carbocycles. The Balaban J connectivity index is 1.62. The highest BCUT2D eigenvalue weighted by Gasteiger charge is 2.36. The molecule has 3 N–H and O–H groups in total. The molecule has 0 spiro atoms. The third-order valence-corrected chi connectivity index (χ3v) is 6.30. The molecule has 2 heterocycles. The van der Waals surface area contributed by atoms with Gasteiger partial charge in [0.05, 0.1) is 44.1 Å². The molecule has 0 amide bonds. The van der Waals surface area contributed by atoms with Crippen molar-refractivity contribution in [3.63, 3.8) is 0 Å². The van der Waals surface area contributed by atoms with Crippen LogP contribution in [-0.2, 0) is 0 Å². The SMILES string of the molecule is COc1cc(-c2[nH]nc3c2[C@H](c2cccc(OC(=O)c4ccccc4)c2)C(C#N)=C(N)O3)cc(OC)c1OC. The lowest BCUT2D eigenvalue weighted by Crippen LogP contribution is -2.21. The zero-order valence-corrected chi connectivity index (χ0v) is 21.3. The number of nitrogens with one attached hydrogen (secondary N) is 1. The summed E-state index contributed by atoms with van der Waals surface area (Å²) in [5.41, 5.74) is 9.16. The molecule has 0 radical (unpaired) electrons. The molecule has 0 unspecified atom stereocenters. The number of nitrogens with zero attached hydrogens (tertiary/aromatic N) is 2. The second kappa shape index (κ2) is 10.5. The molecule has 196 valence electrons. The molecule has 10 heteroatoms. The van der Waals surface area contributed by atoms with Crippen molar-refractivity contribution in [2.45, 2.75) is 5.92 Å². The minimum absolute atomic E-state index is 0.0652. The summed E-state index contributed by atoms with van der Waals surface area (Å²) in [6.07, 6.45) is 0. The molecule has 1 aromatic heterocycles. The molecule has 0 bridgehead atoms. The van der Waals surface area contributed by atoms with Crippen LogP contribution in [0.4, 0.5) is 0 Å². The molecule has 39 heavy (non-hydrogen) atoms. The number of carbonyl (C=O) groups is 1. The number of aromatic nitrogens is 2. The molecule has 0 fully saturated rings. The predicted molar refractivity (Wildman–Crippen MR) is 141 cm³/mol. The Hall–Kier alpha value is -5.43. The Labute approximate surface area is 224 Å². The van der Waals surface area contributed by atoms with E-state index in [0.717, 1.165) is 0 Å². The van der Waals surface area contributed by atoms with E-state index in [2.05, 4.69) is 16.3 Å². The van der Waals surface area contributed by atoms with Gasteiger partial charge in [-0.05, 0) is 42.0 Å². The number of ether oxygens (including phenoxy) is 5. The first-order chi connectivity index (χ1) is 19.0. The Morgan fingerprint density at radius 2 is 1.72 bits per heavy atom. The normalized spacial score (nSPS) is 14.1. The predicted octanol–water partition coefficient (Wildman–Crippen LogP) is 4.54. The molecule has 1 aliphatic heterocycles. The van der Waals surface area contributed by atoms with E-state index in [9.17, 15) is 10.1 Å². The summed E-state index contributed by atoms with van der Waals surface area (Å²) in [7, 11) is 4.57. The smallest absolute Gasteiger partial charge is 0.343 e. The summed E-state index contributed by atoms with van der Waals surface area (Å²) in [5.74, 6) is 0.585. The second-order valence-electron chi connectivity index (χ2n) is 8.48. The summed E-state index contributed by atoms with van der Waals surface area (Å²) < 4.78 is 27.8. The lowest BCUT2D eigenvalue weighted by atomic mass is 9.83. The largest absolute Gasteiger partial charge is 0.493 e. The summed E-state index contributed by atoms with van der Waals surface area (Å²) in [4.78, 5) is 12.7. The number of esters is 1. The van der Waals surface area contributed by atoms with Gasteiger partial charge < -0.3 is 29.4 Å². The number of benzene rings is 3. The molecule has 0 saturated heterocycles. The van der Waals surface area contributed by atoms with Gasteiger partial charge >= 0.3 is 5.97 Å². The molecular formula is C29H24N4O6. The molecule has 10 nitrogen and oxygen atoms in total. The zero-order chi connectivity index (χ0) is 27.5. The molecule has 1 aliphatic rings. The van der Waals surface area contributed by atoms with Gasteiger partial charge in [0.1, 0.15) is 17.4 Å². The highest BCUT2D eigenvalue weighted by molar-refractivity contribution is 5.91. The van der Waals surface area contributed by atoms with Gasteiger partial charge in [-0.25, -0.2) is 4.79 Å². The summed E-state index contributed by atoms with van der Waals surface area (Å²) >= 11 is 0. The van der Waals surface area contributed by atoms with Gasteiger partial charge in [-0.1, -0.05) is 30.3 Å². The molecule has 3 aromatic carbocycles. The standard InChI is InChI=1S/C29H24N4O6/c1-35-21-13-18(14-22(36-2)26(21)37-3)25-24-23(20(15-30)27(31)39-28(24)33-32-25)17-10-7-11-19(12-17)38-29(34)16-8-5-4-6-9-16/h4-14,23H,31H2,1-3H3,(H,32,33)/t23-/m1/s1. The van der Waals surface area contributed by atoms with Crippen LogP contribution in [0.15, 0.2) is 78.2 Å². The first kappa shape index (κ1) is 25.2. The maximum Gasteiger partial charge on any atom is 0.343 e. The fourth-order valence-corrected chi connectivity index (χ4v) is 4.52. The number of fused-ring (bicyclic) bond motifs is 1. The number of allylic oxidation sites excluding steroid dienone is 1. The topological polar surface area (TPSA) is 142 Å². The van der Waals surface area contributed by atoms with Crippen molar-refractivity contribution >= 4 is 5.97 Å². The number of rotatable bonds is 7. The van der Waals surface area contributed by atoms with Gasteiger partial charge in [0.25, 0.3) is 0 Å². The third kappa shape index (κ3) is 4.57. The van der Waals surface area contributed by atoms with Crippen LogP contribution < -0.4 is 29.4 Å². The average molecular weight is 525 g/mol. The average Bonchev–Trinajstić information content (AvgIpc) is 3.39. The van der Waals surface area contributed by atoms with E-state index >= 15 is 0 Å². The van der Waals surface area contributed by atoms with E-state index in [0.29, 0.717) is 50.9 Å². The van der Waals surface area contributed by atoms with Gasteiger partial charge in [-0.15, -0.1) is 5.10 Å². The van der Waals surface area contributed by atoms with Crippen molar-refractivity contribution in [2.24, 2.45) is 5.73 Å². The number of carbonyl (C=O) groups excluding carboxylic acids is 1. The fraction of sp³-hybridized carbons (Fsp3) is 0.138. The maximum absolute atomic E-state index is 12.7. The Morgan fingerprint density at radius 1 is 1.00 bits per heavy atom. The van der Waals surface area contributed by atoms with Crippen LogP contribution in [0.2, 0.25) is 0 Å². The first-order valence-corrected chi connectivity index (χ1v) is 11.8. The number of aromatic amines is 1. The number of nitrogens with two attached hydrogens (primary N) is 1. The highest BCUT2D eigenvalue weighted by Crippen LogP contribution is 2.48. The van der Waals surface area contributed by atoms with Crippen LogP contribution in [0.25, 0.3) is 11.3 Å². The second-order valence-corrected chi connectivity index (χ2v) is 8.48. The molecular weight excluding hydrogens is 500 g/mol. The maximum atomic E-state index is 12.7. The van der Waals surface area contributed by atoms with Crippen molar-refractivity contribution in [3.8, 4) is 46.2 Å². The van der Waals surface area contributed by atoms with Crippen LogP contribution in [0.3, 0.4) is 0 Å². The van der Waals surface area contributed by atoms with Crippen LogP contribution in [0.1, 0.15) is 27.4 Å². The van der Waals surface area contributed by atoms with Gasteiger partial charge in [0.2, 0.25) is 17.5 Å². The van der Waals surface area contributed by atoms with Crippen molar-refractivity contribution in [1.82, 2.24) is 10.2 Å². The first-order valence-electron chi connectivity index (χ1n) is 11.8. The lowest BCUT2D eigenvalue weighted by molar-refractivity contribution is 0.0734. The molecule has 4 aromatic rings. The number of H-pyrrole nitrogens is 1. The van der Waals surface area contributed by atoms with Crippen LogP contribution >= 0.6 is 0 Å². The molecule has 5 rings (SSSR count). The van der Waals surface area contributed by atoms with Crippen molar-refractivity contribution in [3.05, 3.63) is 94.9 Å². The number of nitriles is 1. The van der Waals surface area contributed by atoms with Gasteiger partial charge in [-0.3, -0.25) is 5.10 Å². The zero-order valence-electron chi connectivity index (χ0n) is 21.3. The Kier molecular flexibility index (Phi) is 6.80. The van der Waals surface area contributed by atoms with E-state index in [-0.39, 0.29) is 17.3 Å². The number of hydrogen-bond donors (Lipinski definition) is 2. The minimum atomic E-state index is -0.679. The van der Waals surface area contributed by atoms with Crippen LogP contribution in [0, 0.1) is 11.3 Å². The summed E-state index contributed by atoms with van der Waals surface area (Å²) in [6, 6.07) is 21.3. The quantitative estimate of drug-likeness (QED) is 0.263. The van der Waals surface area contributed by atoms with E-state index in [1.807, 2.05) is 12.1 Å². The van der Waals surface area contributed by atoms with Crippen LogP contribution in [-0.4, -0.2) is 37.5 Å². The van der Waals surface area contributed by atoms with Gasteiger partial charge in [-0.2, -0.15) is 5.26 Å². The number of methoxy groups -OCH3 is 3. The number of hydrogen-bond acceptors (Lipinski definition) is 9. The van der Waals surface area contributed by atoms with E-state index in [1.54, 1.807) is 54.6 Å². The third-order valence-electron chi connectivity index (χ3n) is 6.30. The monoisotopic (exact) mass is 524 g/mol. The summed E-state index contributed by atoms with van der Waals surface area (Å²) in [6.45, 7) is 0. The van der Waals surface area contributed by atoms with E-state index in [1.165, 1.54) is 21.3 Å². The Morgan fingerprint density at radius 3 is 2.36 bits per heavy atom. The molecule has 1 atom stereocenters. The van der Waals surface area contributed by atoms with Gasteiger partial charge in [0.15, 0.2) is 11.5 Å². The van der Waals surface area contributed by atoms with Crippen molar-refractivity contribution in [2.75, 3.05) is 21.3 Å². The fourth-order valence-electron chi connectivity index (χ4n) is 4.52. The van der Waals surface area contributed by atoms with Crippen molar-refractivity contribution in [1.29, 1.82) is 5.26 Å². The summed E-state index contributed by atoms with van der Waals surface area (Å²) in [5, 5.41) is 17.4. The van der Waals surface area contributed by atoms with Gasteiger partial charge in [0, 0.05) is 5.56 Å². The van der Waals surface area contributed by atoms with E-state index in [4.69, 9.17) is 29.4 Å². The Bertz CT molecular complexity index is 1600. The minimum Gasteiger partial charge on any atom is -0.493 e. The lowest BCUT2D eigenvalue weighted by Gasteiger charge is -2.24. The van der Waals surface area contributed by atoms with Crippen molar-refractivity contribution < 1.29 is 28.5 Å².